The molecule has 2 N–H and O–H groups in total. The molecule has 3 aliphatic rings. The number of anilines is 1. The van der Waals surface area contributed by atoms with E-state index in [9.17, 15) is 4.79 Å². The Morgan fingerprint density at radius 2 is 1.87 bits per heavy atom. The maximum Gasteiger partial charge on any atom is 0.251 e. The van der Waals surface area contributed by atoms with E-state index in [0.29, 0.717) is 6.54 Å². The first-order chi connectivity index (χ1) is 11.3. The Balaban J connectivity index is 1.33. The smallest absolute Gasteiger partial charge is 0.251 e. The number of carbonyl (C=O) groups excluding carboxylic acids is 1. The zero-order valence-electron chi connectivity index (χ0n) is 13.7. The highest BCUT2D eigenvalue weighted by Crippen LogP contribution is 2.24. The molecule has 5 heteroatoms. The summed E-state index contributed by atoms with van der Waals surface area (Å²) < 4.78 is 0. The van der Waals surface area contributed by atoms with Gasteiger partial charge in [-0.15, -0.1) is 0 Å². The molecule has 2 saturated heterocycles. The van der Waals surface area contributed by atoms with Gasteiger partial charge >= 0.3 is 0 Å². The average Bonchev–Trinajstić information content (AvgIpc) is 2.97. The zero-order chi connectivity index (χ0) is 15.6. The van der Waals surface area contributed by atoms with Gasteiger partial charge < -0.3 is 15.5 Å². The van der Waals surface area contributed by atoms with E-state index < -0.39 is 0 Å². The average molecular weight is 314 g/mol. The largest absolute Gasteiger partial charge is 0.369 e. The summed E-state index contributed by atoms with van der Waals surface area (Å²) in [6.45, 7) is 8.79. The van der Waals surface area contributed by atoms with Crippen LogP contribution in [-0.2, 0) is 6.54 Å². The van der Waals surface area contributed by atoms with Crippen molar-refractivity contribution in [2.24, 2.45) is 5.92 Å². The molecule has 0 atom stereocenters. The number of piperazine rings is 1. The third kappa shape index (κ3) is 3.21. The van der Waals surface area contributed by atoms with E-state index in [-0.39, 0.29) is 5.91 Å². The Labute approximate surface area is 138 Å². The molecule has 0 aliphatic carbocycles. The van der Waals surface area contributed by atoms with Gasteiger partial charge in [0.2, 0.25) is 0 Å². The Bertz CT molecular complexity index is 574. The lowest BCUT2D eigenvalue weighted by atomic mass is 9.97. The van der Waals surface area contributed by atoms with Gasteiger partial charge in [0.25, 0.3) is 5.91 Å². The first kappa shape index (κ1) is 15.0. The molecule has 0 saturated carbocycles. The van der Waals surface area contributed by atoms with Crippen LogP contribution in [0.15, 0.2) is 18.2 Å². The summed E-state index contributed by atoms with van der Waals surface area (Å²) in [6.07, 6.45) is 2.65. The molecule has 0 unspecified atom stereocenters. The van der Waals surface area contributed by atoms with Crippen LogP contribution in [-0.4, -0.2) is 56.6 Å². The number of benzene rings is 1. The van der Waals surface area contributed by atoms with Crippen molar-refractivity contribution in [2.45, 2.75) is 19.4 Å². The van der Waals surface area contributed by atoms with Crippen LogP contribution >= 0.6 is 0 Å². The molecule has 3 heterocycles. The highest BCUT2D eigenvalue weighted by Gasteiger charge is 2.23. The van der Waals surface area contributed by atoms with Crippen LogP contribution in [0.25, 0.3) is 0 Å². The first-order valence-corrected chi connectivity index (χ1v) is 8.89. The molecule has 2 fully saturated rings. The predicted octanol–water partition coefficient (Wildman–Crippen LogP) is 1.05. The van der Waals surface area contributed by atoms with Crippen molar-refractivity contribution in [3.05, 3.63) is 29.3 Å². The summed E-state index contributed by atoms with van der Waals surface area (Å²) in [7, 11) is 0. The molecule has 0 bridgehead atoms. The summed E-state index contributed by atoms with van der Waals surface area (Å²) in [5, 5.41) is 6.35. The van der Waals surface area contributed by atoms with E-state index in [1.54, 1.807) is 0 Å². The van der Waals surface area contributed by atoms with Crippen molar-refractivity contribution < 1.29 is 4.79 Å². The second-order valence-corrected chi connectivity index (χ2v) is 7.01. The maximum absolute atomic E-state index is 11.6. The number of carbonyl (C=O) groups is 1. The quantitative estimate of drug-likeness (QED) is 0.876. The first-order valence-electron chi connectivity index (χ1n) is 8.89. The van der Waals surface area contributed by atoms with Gasteiger partial charge in [0.15, 0.2) is 0 Å². The third-order valence-corrected chi connectivity index (χ3v) is 5.49. The minimum atomic E-state index is 0.0679. The van der Waals surface area contributed by atoms with Crippen LogP contribution in [0, 0.1) is 5.92 Å². The van der Waals surface area contributed by atoms with Crippen LogP contribution < -0.4 is 15.5 Å². The van der Waals surface area contributed by atoms with E-state index in [1.807, 2.05) is 6.07 Å². The number of nitrogens with one attached hydrogen (secondary N) is 2. The van der Waals surface area contributed by atoms with E-state index in [4.69, 9.17) is 0 Å². The van der Waals surface area contributed by atoms with Crippen molar-refractivity contribution in [3.63, 3.8) is 0 Å². The molecule has 1 aromatic carbocycles. The lowest BCUT2D eigenvalue weighted by molar-refractivity contribution is 0.0966. The van der Waals surface area contributed by atoms with E-state index in [2.05, 4.69) is 32.6 Å². The lowest BCUT2D eigenvalue weighted by Gasteiger charge is -2.38. The van der Waals surface area contributed by atoms with Gasteiger partial charge in [-0.1, -0.05) is 0 Å². The highest BCUT2D eigenvalue weighted by molar-refractivity contribution is 5.98. The van der Waals surface area contributed by atoms with Crippen molar-refractivity contribution in [1.29, 1.82) is 0 Å². The number of fused-ring (bicyclic) bond motifs is 1. The minimum Gasteiger partial charge on any atom is -0.369 e. The predicted molar refractivity (Wildman–Crippen MR) is 91.9 cm³/mol. The van der Waals surface area contributed by atoms with Crippen LogP contribution in [0.4, 0.5) is 5.69 Å². The van der Waals surface area contributed by atoms with Crippen LogP contribution in [0.2, 0.25) is 0 Å². The third-order valence-electron chi connectivity index (χ3n) is 5.49. The van der Waals surface area contributed by atoms with Crippen LogP contribution in [0.1, 0.15) is 28.8 Å². The summed E-state index contributed by atoms with van der Waals surface area (Å²) in [6, 6.07) is 6.27. The SMILES string of the molecule is O=C1NCc2cc(N3CCN(CC4CCNCC4)CC3)ccc21. The summed E-state index contributed by atoms with van der Waals surface area (Å²) >= 11 is 0. The standard InChI is InChI=1S/C18H26N4O/c23-18-17-2-1-16(11-15(17)12-20-18)22-9-7-21(8-10-22)13-14-3-5-19-6-4-14/h1-2,11,14,19H,3-10,12-13H2,(H,20,23). The number of nitrogens with zero attached hydrogens (tertiary/aromatic N) is 2. The number of hydrogen-bond acceptors (Lipinski definition) is 4. The molecule has 5 nitrogen and oxygen atoms in total. The molecule has 3 aliphatic heterocycles. The van der Waals surface area contributed by atoms with Gasteiger partial charge in [0, 0.05) is 50.5 Å². The van der Waals surface area contributed by atoms with Crippen molar-refractivity contribution in [3.8, 4) is 0 Å². The molecule has 1 aromatic rings. The molecule has 0 radical (unpaired) electrons. The van der Waals surface area contributed by atoms with Crippen LogP contribution in [0.3, 0.4) is 0 Å². The van der Waals surface area contributed by atoms with Gasteiger partial charge in [0.05, 0.1) is 0 Å². The molecule has 0 spiro atoms. The number of piperidine rings is 1. The van der Waals surface area contributed by atoms with E-state index in [0.717, 1.165) is 43.2 Å². The van der Waals surface area contributed by atoms with Crippen LogP contribution in [0.5, 0.6) is 0 Å². The fourth-order valence-corrected chi connectivity index (χ4v) is 4.03. The van der Waals surface area contributed by atoms with Gasteiger partial charge in [-0.05, 0) is 55.6 Å². The zero-order valence-corrected chi connectivity index (χ0v) is 13.7. The number of rotatable bonds is 3. The Morgan fingerprint density at radius 1 is 1.09 bits per heavy atom. The number of amides is 1. The minimum absolute atomic E-state index is 0.0679. The maximum atomic E-state index is 11.6. The Kier molecular flexibility index (Phi) is 4.23. The van der Waals surface area contributed by atoms with Crippen molar-refractivity contribution in [2.75, 3.05) is 50.7 Å². The monoisotopic (exact) mass is 314 g/mol. The molecular weight excluding hydrogens is 288 g/mol. The molecule has 124 valence electrons. The summed E-state index contributed by atoms with van der Waals surface area (Å²) in [5.74, 6) is 0.943. The topological polar surface area (TPSA) is 47.6 Å². The number of hydrogen-bond donors (Lipinski definition) is 2. The second-order valence-electron chi connectivity index (χ2n) is 7.01. The molecule has 0 aromatic heterocycles. The highest BCUT2D eigenvalue weighted by atomic mass is 16.1. The van der Waals surface area contributed by atoms with Crippen molar-refractivity contribution in [1.82, 2.24) is 15.5 Å². The Hall–Kier alpha value is -1.59. The van der Waals surface area contributed by atoms with Gasteiger partial charge in [-0.2, -0.15) is 0 Å². The van der Waals surface area contributed by atoms with Gasteiger partial charge in [0.1, 0.15) is 0 Å². The van der Waals surface area contributed by atoms with E-state index in [1.165, 1.54) is 38.2 Å². The normalized spacial score (nSPS) is 23.0. The fourth-order valence-electron chi connectivity index (χ4n) is 4.03. The lowest BCUT2D eigenvalue weighted by Crippen LogP contribution is -2.48. The summed E-state index contributed by atoms with van der Waals surface area (Å²) in [4.78, 5) is 16.7. The molecule has 1 amide bonds. The fraction of sp³-hybridized carbons (Fsp3) is 0.611. The van der Waals surface area contributed by atoms with Gasteiger partial charge in [-0.3, -0.25) is 9.69 Å². The molecule has 23 heavy (non-hydrogen) atoms. The van der Waals surface area contributed by atoms with E-state index >= 15 is 0 Å². The second kappa shape index (κ2) is 6.49. The molecule has 4 rings (SSSR count). The Morgan fingerprint density at radius 3 is 2.65 bits per heavy atom. The van der Waals surface area contributed by atoms with Crippen molar-refractivity contribution >= 4 is 11.6 Å². The van der Waals surface area contributed by atoms with Gasteiger partial charge in [-0.25, -0.2) is 0 Å². The summed E-state index contributed by atoms with van der Waals surface area (Å²) in [5.41, 5.74) is 3.25. The molecular formula is C18H26N4O.